The standard InChI is InChI=1S/C30H26Cl2N2O8/c1-3-10-41-24-9-6-18(14-25(24)40-2)15-34-28(36)21(27(35)33-30(34)39)11-19-12-22(31)26(23(32)13-19)42-16-17-4-7-20(8-5-17)29(37)38/h4-9,11-14H,3,10,15-16H2,1-2H3,(H,37,38)(H,33,35,39)/b21-11+. The summed E-state index contributed by atoms with van der Waals surface area (Å²) < 4.78 is 16.8. The molecule has 1 saturated heterocycles. The van der Waals surface area contributed by atoms with Crippen molar-refractivity contribution >= 4 is 53.1 Å². The molecule has 1 heterocycles. The van der Waals surface area contributed by atoms with E-state index in [-0.39, 0.29) is 40.1 Å². The quantitative estimate of drug-likeness (QED) is 0.207. The lowest BCUT2D eigenvalue weighted by Gasteiger charge is -2.26. The van der Waals surface area contributed by atoms with Crippen molar-refractivity contribution in [1.29, 1.82) is 0 Å². The highest BCUT2D eigenvalue weighted by molar-refractivity contribution is 6.37. The number of carbonyl (C=O) groups is 4. The number of hydrogen-bond acceptors (Lipinski definition) is 7. The number of carboxylic acid groups (broad SMARTS) is 1. The van der Waals surface area contributed by atoms with Gasteiger partial charge in [-0.1, -0.05) is 48.3 Å². The van der Waals surface area contributed by atoms with Crippen molar-refractivity contribution in [3.8, 4) is 17.2 Å². The molecule has 0 spiro atoms. The normalized spacial score (nSPS) is 14.1. The molecule has 3 aromatic rings. The molecule has 218 valence electrons. The van der Waals surface area contributed by atoms with E-state index in [9.17, 15) is 19.2 Å². The van der Waals surface area contributed by atoms with Crippen molar-refractivity contribution in [2.75, 3.05) is 13.7 Å². The first-order valence-electron chi connectivity index (χ1n) is 12.7. The van der Waals surface area contributed by atoms with E-state index in [0.717, 1.165) is 11.3 Å². The molecule has 4 rings (SSSR count). The number of hydrogen-bond donors (Lipinski definition) is 2. The second-order valence-corrected chi connectivity index (χ2v) is 9.96. The van der Waals surface area contributed by atoms with Gasteiger partial charge in [-0.3, -0.25) is 19.8 Å². The van der Waals surface area contributed by atoms with Crippen LogP contribution >= 0.6 is 23.2 Å². The largest absolute Gasteiger partial charge is 0.493 e. The Morgan fingerprint density at radius 3 is 2.24 bits per heavy atom. The second-order valence-electron chi connectivity index (χ2n) is 9.15. The number of nitrogens with zero attached hydrogens (tertiary/aromatic N) is 1. The molecule has 1 aliphatic rings. The van der Waals surface area contributed by atoms with Crippen molar-refractivity contribution in [3.05, 3.63) is 92.5 Å². The zero-order valence-corrected chi connectivity index (χ0v) is 24.1. The minimum absolute atomic E-state index is 0.0637. The lowest BCUT2D eigenvalue weighted by Crippen LogP contribution is -2.53. The Hall–Kier alpha value is -4.54. The second kappa shape index (κ2) is 13.4. The number of methoxy groups -OCH3 is 1. The van der Waals surface area contributed by atoms with Crippen LogP contribution in [0.3, 0.4) is 0 Å². The van der Waals surface area contributed by atoms with E-state index in [1.807, 2.05) is 6.92 Å². The predicted molar refractivity (Wildman–Crippen MR) is 155 cm³/mol. The maximum absolute atomic E-state index is 13.3. The van der Waals surface area contributed by atoms with Crippen LogP contribution in [0.5, 0.6) is 17.2 Å². The smallest absolute Gasteiger partial charge is 0.335 e. The minimum Gasteiger partial charge on any atom is -0.493 e. The summed E-state index contributed by atoms with van der Waals surface area (Å²) in [5, 5.41) is 11.5. The third-order valence-corrected chi connectivity index (χ3v) is 6.69. The number of urea groups is 1. The Bertz CT molecular complexity index is 1550. The Morgan fingerprint density at radius 2 is 1.62 bits per heavy atom. The Labute approximate surface area is 251 Å². The highest BCUT2D eigenvalue weighted by Gasteiger charge is 2.36. The van der Waals surface area contributed by atoms with Crippen molar-refractivity contribution in [2.45, 2.75) is 26.5 Å². The van der Waals surface area contributed by atoms with Gasteiger partial charge in [-0.25, -0.2) is 9.59 Å². The molecule has 0 unspecified atom stereocenters. The van der Waals surface area contributed by atoms with Gasteiger partial charge in [0.2, 0.25) is 0 Å². The lowest BCUT2D eigenvalue weighted by molar-refractivity contribution is -0.130. The third kappa shape index (κ3) is 7.02. The molecule has 42 heavy (non-hydrogen) atoms. The molecule has 0 bridgehead atoms. The maximum Gasteiger partial charge on any atom is 0.335 e. The number of carboxylic acids is 1. The van der Waals surface area contributed by atoms with E-state index >= 15 is 0 Å². The number of benzene rings is 3. The third-order valence-electron chi connectivity index (χ3n) is 6.13. The lowest BCUT2D eigenvalue weighted by atomic mass is 10.1. The number of imide groups is 2. The first-order valence-corrected chi connectivity index (χ1v) is 13.5. The van der Waals surface area contributed by atoms with Gasteiger partial charge in [0.15, 0.2) is 17.2 Å². The molecule has 0 atom stereocenters. The molecule has 0 aliphatic carbocycles. The Kier molecular flexibility index (Phi) is 9.72. The molecule has 1 aliphatic heterocycles. The fraction of sp³-hybridized carbons (Fsp3) is 0.200. The van der Waals surface area contributed by atoms with Gasteiger partial charge in [-0.15, -0.1) is 0 Å². The van der Waals surface area contributed by atoms with Crippen LogP contribution in [-0.4, -0.2) is 47.5 Å². The Balaban J connectivity index is 1.52. The maximum atomic E-state index is 13.3. The van der Waals surface area contributed by atoms with E-state index in [1.165, 1.54) is 37.5 Å². The summed E-state index contributed by atoms with van der Waals surface area (Å²) in [6, 6.07) is 13.2. The number of aromatic carboxylic acids is 1. The zero-order chi connectivity index (χ0) is 30.4. The summed E-state index contributed by atoms with van der Waals surface area (Å²) in [6.45, 7) is 2.42. The van der Waals surface area contributed by atoms with Crippen molar-refractivity contribution < 1.29 is 38.5 Å². The topological polar surface area (TPSA) is 131 Å². The molecule has 3 aromatic carbocycles. The fourth-order valence-electron chi connectivity index (χ4n) is 4.03. The predicted octanol–water partition coefficient (Wildman–Crippen LogP) is 5.73. The molecule has 0 aromatic heterocycles. The molecule has 10 nitrogen and oxygen atoms in total. The average molecular weight is 613 g/mol. The number of rotatable bonds is 11. The zero-order valence-electron chi connectivity index (χ0n) is 22.6. The van der Waals surface area contributed by atoms with E-state index in [1.54, 1.807) is 30.3 Å². The molecule has 0 radical (unpaired) electrons. The van der Waals surface area contributed by atoms with Crippen LogP contribution in [-0.2, 0) is 22.7 Å². The van der Waals surface area contributed by atoms with Gasteiger partial charge in [0, 0.05) is 0 Å². The minimum atomic E-state index is -1.04. The van der Waals surface area contributed by atoms with Gasteiger partial charge in [0.1, 0.15) is 12.2 Å². The van der Waals surface area contributed by atoms with Crippen LogP contribution < -0.4 is 19.5 Å². The average Bonchev–Trinajstić information content (AvgIpc) is 2.96. The highest BCUT2D eigenvalue weighted by atomic mass is 35.5. The monoisotopic (exact) mass is 612 g/mol. The molecule has 2 N–H and O–H groups in total. The summed E-state index contributed by atoms with van der Waals surface area (Å²) in [5.74, 6) is -1.56. The molecule has 4 amide bonds. The number of amides is 4. The summed E-state index contributed by atoms with van der Waals surface area (Å²) in [7, 11) is 1.49. The first kappa shape index (κ1) is 30.4. The van der Waals surface area contributed by atoms with E-state index < -0.39 is 23.8 Å². The molecular formula is C30H26Cl2N2O8. The van der Waals surface area contributed by atoms with E-state index in [2.05, 4.69) is 5.32 Å². The van der Waals surface area contributed by atoms with Gasteiger partial charge < -0.3 is 19.3 Å². The summed E-state index contributed by atoms with van der Waals surface area (Å²) in [5.41, 5.74) is 1.45. The first-order chi connectivity index (χ1) is 20.1. The van der Waals surface area contributed by atoms with Crippen LogP contribution in [0.1, 0.15) is 40.4 Å². The fourth-order valence-corrected chi connectivity index (χ4v) is 4.64. The van der Waals surface area contributed by atoms with Gasteiger partial charge in [0.25, 0.3) is 11.8 Å². The molecule has 12 heteroatoms. The number of carbonyl (C=O) groups excluding carboxylic acids is 3. The van der Waals surface area contributed by atoms with Gasteiger partial charge in [-0.2, -0.15) is 0 Å². The summed E-state index contributed by atoms with van der Waals surface area (Å²) in [4.78, 5) is 50.4. The molecular weight excluding hydrogens is 587 g/mol. The van der Waals surface area contributed by atoms with Gasteiger partial charge >= 0.3 is 12.0 Å². The van der Waals surface area contributed by atoms with Crippen LogP contribution in [0, 0.1) is 0 Å². The molecule has 1 fully saturated rings. The van der Waals surface area contributed by atoms with E-state index in [4.69, 9.17) is 42.5 Å². The van der Waals surface area contributed by atoms with E-state index in [0.29, 0.717) is 34.8 Å². The van der Waals surface area contributed by atoms with Crippen molar-refractivity contribution in [1.82, 2.24) is 10.2 Å². The van der Waals surface area contributed by atoms with Gasteiger partial charge in [0.05, 0.1) is 35.9 Å². The van der Waals surface area contributed by atoms with Gasteiger partial charge in [-0.05, 0) is 65.6 Å². The van der Waals surface area contributed by atoms with Crippen molar-refractivity contribution in [2.24, 2.45) is 0 Å². The SMILES string of the molecule is CCCOc1ccc(CN2C(=O)NC(=O)/C(=C\c3cc(Cl)c(OCc4ccc(C(=O)O)cc4)c(Cl)c3)C2=O)cc1OC. The summed E-state index contributed by atoms with van der Waals surface area (Å²) >= 11 is 12.8. The number of halogens is 2. The number of barbiturate groups is 1. The van der Waals surface area contributed by atoms with Crippen LogP contribution in [0.4, 0.5) is 4.79 Å². The Morgan fingerprint density at radius 1 is 0.952 bits per heavy atom. The van der Waals surface area contributed by atoms with Crippen LogP contribution in [0.25, 0.3) is 6.08 Å². The van der Waals surface area contributed by atoms with Crippen LogP contribution in [0.15, 0.2) is 60.2 Å². The number of nitrogens with one attached hydrogen (secondary N) is 1. The van der Waals surface area contributed by atoms with Crippen molar-refractivity contribution in [3.63, 3.8) is 0 Å². The number of ether oxygens (including phenoxy) is 3. The van der Waals surface area contributed by atoms with Crippen LogP contribution in [0.2, 0.25) is 10.0 Å². The molecule has 0 saturated carbocycles. The highest BCUT2D eigenvalue weighted by Crippen LogP contribution is 2.36. The summed E-state index contributed by atoms with van der Waals surface area (Å²) in [6.07, 6.45) is 2.10.